The first-order chi connectivity index (χ1) is 27.9. The minimum Gasteiger partial charge on any atom is -0.385 e. The molecule has 0 saturated carbocycles. The molecule has 2 aromatic carbocycles. The Morgan fingerprint density at radius 1 is 0.965 bits per heavy atom. The Kier molecular flexibility index (Phi) is 10.1. The van der Waals surface area contributed by atoms with Crippen molar-refractivity contribution in [3.05, 3.63) is 166 Å². The summed E-state index contributed by atoms with van der Waals surface area (Å²) in [5, 5.41) is 6.21. The highest BCUT2D eigenvalue weighted by Gasteiger charge is 2.33. The molecule has 1 aliphatic heterocycles. The van der Waals surface area contributed by atoms with Gasteiger partial charge in [-0.15, -0.1) is 4.67 Å². The molecule has 0 amide bonds. The number of aryl methyl sites for hydroxylation is 2. The molecule has 4 nitrogen and oxygen atoms in total. The molecular weight excluding hydrogens is 693 g/mol. The lowest BCUT2D eigenvalue weighted by molar-refractivity contribution is 0.717. The van der Waals surface area contributed by atoms with Gasteiger partial charge in [0.05, 0.1) is 11.0 Å². The summed E-state index contributed by atoms with van der Waals surface area (Å²) in [6, 6.07) is 14.5. The molecule has 57 heavy (non-hydrogen) atoms. The molecule has 0 radical (unpaired) electrons. The van der Waals surface area contributed by atoms with Crippen molar-refractivity contribution in [2.45, 2.75) is 97.4 Å². The van der Waals surface area contributed by atoms with Crippen LogP contribution < -0.4 is 9.98 Å². The lowest BCUT2D eigenvalue weighted by atomic mass is 9.72. The van der Waals surface area contributed by atoms with Crippen LogP contribution in [-0.2, 0) is 19.3 Å². The Labute approximate surface area is 338 Å². The first-order valence-electron chi connectivity index (χ1n) is 21.2. The molecular formula is C53H55N4+. The number of nitrogens with one attached hydrogen (secondary N) is 2. The SMILES string of the molecule is C=[N+]=C(/C=C\Cc1ccc2c(c1)c1cc3c4c(c1n2C1=CC(C)NC=C1)CC/C1=C/CC(=C)/C=C(/c2ccc(C(/C=C\C)=C/C)[nH]2)CC(=C14)CC3)C1=CCCCC1. The molecule has 0 saturated heterocycles. The molecule has 5 aliphatic rings. The predicted octanol–water partition coefficient (Wildman–Crippen LogP) is 12.3. The van der Waals surface area contributed by atoms with Gasteiger partial charge in [-0.1, -0.05) is 66.3 Å². The number of rotatable bonds is 8. The van der Waals surface area contributed by atoms with Crippen LogP contribution >= 0.6 is 0 Å². The van der Waals surface area contributed by atoms with E-state index in [0.29, 0.717) is 0 Å². The highest BCUT2D eigenvalue weighted by Crippen LogP contribution is 2.50. The van der Waals surface area contributed by atoms with E-state index in [2.05, 4.69) is 157 Å². The number of hydrogen-bond acceptors (Lipinski definition) is 1. The zero-order valence-corrected chi connectivity index (χ0v) is 34.0. The number of nitrogens with zero attached hydrogens (tertiary/aromatic N) is 2. The number of H-pyrrole nitrogens is 1. The highest BCUT2D eigenvalue weighted by molar-refractivity contribution is 6.14. The quantitative estimate of drug-likeness (QED) is 0.105. The van der Waals surface area contributed by atoms with E-state index in [-0.39, 0.29) is 6.04 Å². The summed E-state index contributed by atoms with van der Waals surface area (Å²) in [5.74, 6) is 0. The van der Waals surface area contributed by atoms with Crippen LogP contribution in [0.1, 0.15) is 106 Å². The molecule has 1 atom stereocenters. The number of aromatic nitrogens is 2. The third kappa shape index (κ3) is 6.87. The molecule has 0 fully saturated rings. The fourth-order valence-electron chi connectivity index (χ4n) is 9.97. The maximum absolute atomic E-state index is 4.55. The van der Waals surface area contributed by atoms with E-state index in [9.17, 15) is 0 Å². The van der Waals surface area contributed by atoms with Crippen LogP contribution in [0, 0.1) is 0 Å². The molecule has 2 aromatic heterocycles. The van der Waals surface area contributed by atoms with Crippen molar-refractivity contribution in [3.8, 4) is 0 Å². The van der Waals surface area contributed by atoms with Gasteiger partial charge >= 0.3 is 5.71 Å². The average Bonchev–Trinajstić information content (AvgIpc) is 3.86. The van der Waals surface area contributed by atoms with Crippen LogP contribution in [0.15, 0.2) is 132 Å². The molecule has 9 rings (SSSR count). The van der Waals surface area contributed by atoms with Gasteiger partial charge < -0.3 is 14.9 Å². The van der Waals surface area contributed by atoms with Gasteiger partial charge in [0.2, 0.25) is 0 Å². The Hall–Kier alpha value is -5.83. The van der Waals surface area contributed by atoms with Crippen LogP contribution in [0.4, 0.5) is 0 Å². The molecule has 3 heterocycles. The second-order valence-corrected chi connectivity index (χ2v) is 16.4. The predicted molar refractivity (Wildman–Crippen MR) is 246 cm³/mol. The second-order valence-electron chi connectivity index (χ2n) is 16.4. The number of aromatic amines is 1. The number of dihydropyridines is 1. The smallest absolute Gasteiger partial charge is 0.328 e. The van der Waals surface area contributed by atoms with E-state index in [1.165, 1.54) is 102 Å². The summed E-state index contributed by atoms with van der Waals surface area (Å²) in [5.41, 5.74) is 22.7. The molecule has 0 spiro atoms. The molecule has 2 N–H and O–H groups in total. The van der Waals surface area contributed by atoms with Gasteiger partial charge in [-0.05, 0) is 185 Å². The number of fused-ring (bicyclic) bond motifs is 4. The fraction of sp³-hybridized carbons (Fsp3) is 0.283. The van der Waals surface area contributed by atoms with Crippen molar-refractivity contribution in [2.24, 2.45) is 0 Å². The zero-order chi connectivity index (χ0) is 39.0. The van der Waals surface area contributed by atoms with Crippen LogP contribution in [0.5, 0.6) is 0 Å². The van der Waals surface area contributed by atoms with Crippen LogP contribution in [-0.4, -0.2) is 28.0 Å². The molecule has 286 valence electrons. The summed E-state index contributed by atoms with van der Waals surface area (Å²) < 4.78 is 6.99. The third-order valence-electron chi connectivity index (χ3n) is 12.7. The summed E-state index contributed by atoms with van der Waals surface area (Å²) in [4.78, 5) is 3.78. The van der Waals surface area contributed by atoms with Crippen LogP contribution in [0.2, 0.25) is 0 Å². The first-order valence-corrected chi connectivity index (χ1v) is 21.2. The van der Waals surface area contributed by atoms with E-state index >= 15 is 0 Å². The molecule has 4 heteroatoms. The normalized spacial score (nSPS) is 21.6. The van der Waals surface area contributed by atoms with Gasteiger partial charge in [0.1, 0.15) is 0 Å². The standard InChI is InChI=1S/C53H55N4/c1-6-12-37(7-2)48-24-25-49(56-48)42-29-34(3)17-19-39-22-23-44-52-41(21-20-40(32-42)51(39)52)33-46-45-31-36(13-11-16-47(54-5)38-14-9-8-10-15-38)18-26-50(45)57(53(44)46)43-27-28-55-35(4)30-43/h6-7,11-12,14,16,18-19,24-31,33,35,55-56H,3,5,8-10,13,15,17,20-23,32H2,1-2,4H3/q+1/b12-6-,16-11-,37-7+,39-19-,42-29+. The van der Waals surface area contributed by atoms with Crippen molar-refractivity contribution in [3.63, 3.8) is 0 Å². The maximum atomic E-state index is 4.55. The Morgan fingerprint density at radius 2 is 1.88 bits per heavy atom. The summed E-state index contributed by atoms with van der Waals surface area (Å²) in [7, 11) is 0. The zero-order valence-electron chi connectivity index (χ0n) is 34.0. The fourth-order valence-corrected chi connectivity index (χ4v) is 9.97. The third-order valence-corrected chi connectivity index (χ3v) is 12.7. The van der Waals surface area contributed by atoms with E-state index in [1.807, 2.05) is 0 Å². The van der Waals surface area contributed by atoms with Crippen LogP contribution in [0.3, 0.4) is 0 Å². The van der Waals surface area contributed by atoms with Gasteiger partial charge in [0.25, 0.3) is 6.72 Å². The summed E-state index contributed by atoms with van der Waals surface area (Å²) in [6.07, 6.45) is 36.5. The lowest BCUT2D eigenvalue weighted by Gasteiger charge is -2.33. The Balaban J connectivity index is 1.17. The highest BCUT2D eigenvalue weighted by atomic mass is 15.0. The van der Waals surface area contributed by atoms with Gasteiger partial charge in [-0.25, -0.2) is 0 Å². The van der Waals surface area contributed by atoms with Gasteiger partial charge in [0.15, 0.2) is 0 Å². The van der Waals surface area contributed by atoms with Crippen molar-refractivity contribution in [2.75, 3.05) is 0 Å². The van der Waals surface area contributed by atoms with Crippen molar-refractivity contribution in [1.82, 2.24) is 19.5 Å². The van der Waals surface area contributed by atoms with Crippen molar-refractivity contribution >= 4 is 56.7 Å². The van der Waals surface area contributed by atoms with Gasteiger partial charge in [-0.3, -0.25) is 0 Å². The van der Waals surface area contributed by atoms with E-state index in [0.717, 1.165) is 69.2 Å². The number of benzene rings is 2. The first kappa shape index (κ1) is 36.8. The number of allylic oxidation sites excluding steroid dienone is 17. The van der Waals surface area contributed by atoms with E-state index < -0.39 is 0 Å². The average molecular weight is 748 g/mol. The summed E-state index contributed by atoms with van der Waals surface area (Å²) in [6.45, 7) is 14.9. The topological polar surface area (TPSA) is 46.9 Å². The minimum absolute atomic E-state index is 0.256. The molecule has 4 aliphatic carbocycles. The van der Waals surface area contributed by atoms with E-state index in [1.54, 1.807) is 5.57 Å². The monoisotopic (exact) mass is 747 g/mol. The van der Waals surface area contributed by atoms with Gasteiger partial charge in [-0.2, -0.15) is 0 Å². The number of hydrogen-bond donors (Lipinski definition) is 2. The Morgan fingerprint density at radius 3 is 2.68 bits per heavy atom. The molecule has 4 aromatic rings. The molecule has 1 unspecified atom stereocenters. The van der Waals surface area contributed by atoms with Crippen molar-refractivity contribution in [1.29, 1.82) is 0 Å². The van der Waals surface area contributed by atoms with Gasteiger partial charge in [0, 0.05) is 45.5 Å². The maximum Gasteiger partial charge on any atom is 0.328 e. The van der Waals surface area contributed by atoms with Crippen LogP contribution in [0.25, 0.3) is 44.2 Å². The summed E-state index contributed by atoms with van der Waals surface area (Å²) >= 11 is 0. The van der Waals surface area contributed by atoms with E-state index in [4.69, 9.17) is 0 Å². The minimum atomic E-state index is 0.256. The Bertz CT molecular complexity index is 2670. The lowest BCUT2D eigenvalue weighted by Crippen LogP contribution is -2.22. The second kappa shape index (κ2) is 15.6. The van der Waals surface area contributed by atoms with Crippen molar-refractivity contribution < 1.29 is 0 Å². The largest absolute Gasteiger partial charge is 0.385 e. The molecule has 0 bridgehead atoms.